The van der Waals surface area contributed by atoms with Crippen LogP contribution in [0.4, 0.5) is 11.5 Å². The molecule has 4 rings (SSSR count). The summed E-state index contributed by atoms with van der Waals surface area (Å²) in [5, 5.41) is 18.6. The van der Waals surface area contributed by atoms with E-state index >= 15 is 0 Å². The van der Waals surface area contributed by atoms with E-state index in [2.05, 4.69) is 12.2 Å². The van der Waals surface area contributed by atoms with E-state index in [-0.39, 0.29) is 24.0 Å². The number of rotatable bonds is 12. The van der Waals surface area contributed by atoms with Gasteiger partial charge in [-0.3, -0.25) is 19.7 Å². The summed E-state index contributed by atoms with van der Waals surface area (Å²) < 4.78 is 1.68. The number of anilines is 1. The van der Waals surface area contributed by atoms with E-state index in [0.29, 0.717) is 23.6 Å². The van der Waals surface area contributed by atoms with Crippen LogP contribution in [0.15, 0.2) is 97.1 Å². The van der Waals surface area contributed by atoms with Crippen molar-refractivity contribution in [2.75, 3.05) is 18.4 Å². The lowest BCUT2D eigenvalue weighted by molar-refractivity contribution is -0.384. The van der Waals surface area contributed by atoms with Gasteiger partial charge in [0, 0.05) is 36.4 Å². The summed E-state index contributed by atoms with van der Waals surface area (Å²) in [5.74, 6) is -0.158. The minimum Gasteiger partial charge on any atom is -0.330 e. The Labute approximate surface area is 232 Å². The van der Waals surface area contributed by atoms with Crippen LogP contribution in [-0.4, -0.2) is 44.5 Å². The maximum atomic E-state index is 13.2. The molecule has 0 radical (unpaired) electrons. The standard InChI is InChI=1S/C31H31N5O4/c1-2-3-10-21-34(31(38)20-17-24-15-18-27(19-16-24)36(39)40)23-30(37)32-29-22-28(25-11-6-4-7-12-25)33-35(29)26-13-8-5-9-14-26/h4-9,11-20,22H,2-3,10,21,23H2,1H3,(H,32,37)/b20-17+. The number of nitro benzene ring substituents is 1. The molecule has 0 unspecified atom stereocenters. The van der Waals surface area contributed by atoms with Crippen LogP contribution in [0.3, 0.4) is 0 Å². The molecular formula is C31H31N5O4. The molecule has 9 nitrogen and oxygen atoms in total. The first-order valence-corrected chi connectivity index (χ1v) is 13.2. The smallest absolute Gasteiger partial charge is 0.269 e. The van der Waals surface area contributed by atoms with Crippen molar-refractivity contribution in [3.63, 3.8) is 0 Å². The number of carbonyl (C=O) groups is 2. The number of para-hydroxylation sites is 1. The number of non-ortho nitro benzene ring substituents is 1. The molecule has 1 heterocycles. The number of nitro groups is 1. The molecule has 0 bridgehead atoms. The summed E-state index contributed by atoms with van der Waals surface area (Å²) in [5.41, 5.74) is 3.05. The van der Waals surface area contributed by atoms with Gasteiger partial charge in [-0.15, -0.1) is 0 Å². The number of nitrogens with zero attached hydrogens (tertiary/aromatic N) is 4. The van der Waals surface area contributed by atoms with Gasteiger partial charge in [0.2, 0.25) is 11.8 Å². The molecule has 204 valence electrons. The largest absolute Gasteiger partial charge is 0.330 e. The summed E-state index contributed by atoms with van der Waals surface area (Å²) in [7, 11) is 0. The van der Waals surface area contributed by atoms with E-state index in [1.165, 1.54) is 23.1 Å². The zero-order chi connectivity index (χ0) is 28.3. The monoisotopic (exact) mass is 537 g/mol. The third kappa shape index (κ3) is 7.50. The van der Waals surface area contributed by atoms with Gasteiger partial charge in [-0.25, -0.2) is 4.68 Å². The van der Waals surface area contributed by atoms with Gasteiger partial charge >= 0.3 is 0 Å². The van der Waals surface area contributed by atoms with Crippen LogP contribution in [0, 0.1) is 10.1 Å². The number of carbonyl (C=O) groups excluding carboxylic acids is 2. The Bertz CT molecular complexity index is 1460. The molecule has 4 aromatic rings. The second-order valence-electron chi connectivity index (χ2n) is 9.23. The fraction of sp³-hybridized carbons (Fsp3) is 0.194. The van der Waals surface area contributed by atoms with Crippen molar-refractivity contribution in [1.82, 2.24) is 14.7 Å². The number of benzene rings is 3. The van der Waals surface area contributed by atoms with E-state index in [1.807, 2.05) is 66.7 Å². The highest BCUT2D eigenvalue weighted by Crippen LogP contribution is 2.25. The second kappa shape index (κ2) is 13.7. The summed E-state index contributed by atoms with van der Waals surface area (Å²) in [6.07, 6.45) is 5.65. The number of hydrogen-bond donors (Lipinski definition) is 1. The van der Waals surface area contributed by atoms with Gasteiger partial charge in [0.15, 0.2) is 0 Å². The van der Waals surface area contributed by atoms with E-state index in [4.69, 9.17) is 5.10 Å². The highest BCUT2D eigenvalue weighted by molar-refractivity contribution is 5.98. The van der Waals surface area contributed by atoms with Crippen LogP contribution in [0.1, 0.15) is 31.7 Å². The lowest BCUT2D eigenvalue weighted by Crippen LogP contribution is -2.38. The summed E-state index contributed by atoms with van der Waals surface area (Å²) >= 11 is 0. The summed E-state index contributed by atoms with van der Waals surface area (Å²) in [6.45, 7) is 2.37. The Morgan fingerprint density at radius 2 is 1.65 bits per heavy atom. The van der Waals surface area contributed by atoms with Gasteiger partial charge in [0.05, 0.1) is 16.3 Å². The highest BCUT2D eigenvalue weighted by atomic mass is 16.6. The molecule has 0 aliphatic heterocycles. The van der Waals surface area contributed by atoms with Crippen molar-refractivity contribution >= 4 is 29.4 Å². The number of hydrogen-bond acceptors (Lipinski definition) is 5. The molecule has 1 N–H and O–H groups in total. The van der Waals surface area contributed by atoms with Gasteiger partial charge < -0.3 is 10.2 Å². The fourth-order valence-corrected chi connectivity index (χ4v) is 4.14. The zero-order valence-electron chi connectivity index (χ0n) is 22.3. The Hall–Kier alpha value is -5.05. The van der Waals surface area contributed by atoms with Gasteiger partial charge in [0.25, 0.3) is 5.69 Å². The Morgan fingerprint density at radius 3 is 2.30 bits per heavy atom. The lowest BCUT2D eigenvalue weighted by atomic mass is 10.1. The summed E-state index contributed by atoms with van der Waals surface area (Å²) in [4.78, 5) is 38.2. The van der Waals surface area contributed by atoms with Gasteiger partial charge in [0.1, 0.15) is 12.4 Å². The Kier molecular flexibility index (Phi) is 9.55. The topological polar surface area (TPSA) is 110 Å². The molecule has 1 aromatic heterocycles. The molecule has 0 fully saturated rings. The third-order valence-corrected chi connectivity index (χ3v) is 6.25. The van der Waals surface area contributed by atoms with Crippen LogP contribution >= 0.6 is 0 Å². The van der Waals surface area contributed by atoms with Crippen LogP contribution in [-0.2, 0) is 9.59 Å². The van der Waals surface area contributed by atoms with Crippen molar-refractivity contribution in [2.45, 2.75) is 26.2 Å². The van der Waals surface area contributed by atoms with Crippen LogP contribution in [0.5, 0.6) is 0 Å². The van der Waals surface area contributed by atoms with E-state index < -0.39 is 4.92 Å². The highest BCUT2D eigenvalue weighted by Gasteiger charge is 2.18. The molecule has 0 atom stereocenters. The summed E-state index contributed by atoms with van der Waals surface area (Å²) in [6, 6.07) is 26.9. The molecule has 0 saturated heterocycles. The van der Waals surface area contributed by atoms with Gasteiger partial charge in [-0.05, 0) is 42.3 Å². The van der Waals surface area contributed by atoms with E-state index in [1.54, 1.807) is 22.9 Å². The second-order valence-corrected chi connectivity index (χ2v) is 9.23. The predicted molar refractivity (Wildman–Crippen MR) is 156 cm³/mol. The normalized spacial score (nSPS) is 10.9. The molecular weight excluding hydrogens is 506 g/mol. The first-order valence-electron chi connectivity index (χ1n) is 13.2. The first-order chi connectivity index (χ1) is 19.4. The van der Waals surface area contributed by atoms with E-state index in [0.717, 1.165) is 30.5 Å². The fourth-order valence-electron chi connectivity index (χ4n) is 4.14. The number of amides is 2. The van der Waals surface area contributed by atoms with Gasteiger partial charge in [-0.1, -0.05) is 68.3 Å². The van der Waals surface area contributed by atoms with Crippen molar-refractivity contribution in [1.29, 1.82) is 0 Å². The van der Waals surface area contributed by atoms with Crippen LogP contribution in [0.25, 0.3) is 23.0 Å². The molecule has 0 spiro atoms. The van der Waals surface area contributed by atoms with Crippen molar-refractivity contribution in [3.05, 3.63) is 113 Å². The first kappa shape index (κ1) is 28.0. The molecule has 40 heavy (non-hydrogen) atoms. The molecule has 9 heteroatoms. The third-order valence-electron chi connectivity index (χ3n) is 6.25. The maximum absolute atomic E-state index is 13.2. The Balaban J connectivity index is 1.51. The van der Waals surface area contributed by atoms with Crippen molar-refractivity contribution in [2.24, 2.45) is 0 Å². The molecule has 0 aliphatic rings. The average Bonchev–Trinajstić information content (AvgIpc) is 3.40. The van der Waals surface area contributed by atoms with Crippen molar-refractivity contribution < 1.29 is 14.5 Å². The minimum absolute atomic E-state index is 0.0218. The SMILES string of the molecule is CCCCCN(CC(=O)Nc1cc(-c2ccccc2)nn1-c1ccccc1)C(=O)/C=C/c1ccc([N+](=O)[O-])cc1. The number of nitrogens with one attached hydrogen (secondary N) is 1. The van der Waals surface area contributed by atoms with Crippen LogP contribution in [0.2, 0.25) is 0 Å². The Morgan fingerprint density at radius 1 is 0.975 bits per heavy atom. The molecule has 3 aromatic carbocycles. The number of unbranched alkanes of at least 4 members (excludes halogenated alkanes) is 2. The minimum atomic E-state index is -0.473. The lowest BCUT2D eigenvalue weighted by Gasteiger charge is -2.21. The van der Waals surface area contributed by atoms with Crippen LogP contribution < -0.4 is 5.32 Å². The quantitative estimate of drug-likeness (QED) is 0.101. The predicted octanol–water partition coefficient (Wildman–Crippen LogP) is 6.12. The van der Waals surface area contributed by atoms with E-state index in [9.17, 15) is 19.7 Å². The molecule has 2 amide bonds. The number of aromatic nitrogens is 2. The van der Waals surface area contributed by atoms with Crippen molar-refractivity contribution in [3.8, 4) is 16.9 Å². The molecule has 0 saturated carbocycles. The van der Waals surface area contributed by atoms with Gasteiger partial charge in [-0.2, -0.15) is 5.10 Å². The zero-order valence-corrected chi connectivity index (χ0v) is 22.3. The average molecular weight is 538 g/mol. The molecule has 0 aliphatic carbocycles. The maximum Gasteiger partial charge on any atom is 0.269 e.